The largest absolute Gasteiger partial charge is 0.335 e. The van der Waals surface area contributed by atoms with Crippen molar-refractivity contribution in [2.75, 3.05) is 6.54 Å². The molecule has 20 heavy (non-hydrogen) atoms. The second-order valence-corrected chi connectivity index (χ2v) is 4.64. The summed E-state index contributed by atoms with van der Waals surface area (Å²) in [6, 6.07) is 13.6. The first-order valence-corrected chi connectivity index (χ1v) is 6.54. The lowest BCUT2D eigenvalue weighted by Gasteiger charge is -2.03. The van der Waals surface area contributed by atoms with Crippen molar-refractivity contribution in [3.63, 3.8) is 0 Å². The van der Waals surface area contributed by atoms with E-state index in [1.807, 2.05) is 47.0 Å². The van der Waals surface area contributed by atoms with Crippen LogP contribution in [0.25, 0.3) is 10.8 Å². The Kier molecular flexibility index (Phi) is 3.31. The zero-order chi connectivity index (χ0) is 13.9. The Morgan fingerprint density at radius 1 is 1.15 bits per heavy atom. The van der Waals surface area contributed by atoms with Crippen LogP contribution in [-0.2, 0) is 6.54 Å². The molecule has 0 bridgehead atoms. The molecule has 2 aromatic carbocycles. The van der Waals surface area contributed by atoms with Gasteiger partial charge in [0.25, 0.3) is 0 Å². The summed E-state index contributed by atoms with van der Waals surface area (Å²) in [6.07, 6.45) is 3.39. The Labute approximate surface area is 116 Å². The molecule has 3 rings (SSSR count). The van der Waals surface area contributed by atoms with E-state index in [4.69, 9.17) is 5.73 Å². The van der Waals surface area contributed by atoms with Gasteiger partial charge in [-0.1, -0.05) is 42.5 Å². The number of benzene rings is 2. The van der Waals surface area contributed by atoms with Gasteiger partial charge in [-0.3, -0.25) is 4.79 Å². The summed E-state index contributed by atoms with van der Waals surface area (Å²) in [5.41, 5.74) is 6.63. The minimum Gasteiger partial charge on any atom is -0.335 e. The van der Waals surface area contributed by atoms with Crippen LogP contribution in [0.5, 0.6) is 0 Å². The van der Waals surface area contributed by atoms with E-state index in [9.17, 15) is 4.79 Å². The Morgan fingerprint density at radius 2 is 1.95 bits per heavy atom. The molecule has 0 unspecified atom stereocenters. The molecule has 0 saturated heterocycles. The number of rotatable bonds is 4. The van der Waals surface area contributed by atoms with Gasteiger partial charge in [-0.25, -0.2) is 4.98 Å². The standard InChI is InChI=1S/C16H15N3O/c17-8-9-19-10-15(18-11-19)16(20)14-7-3-5-12-4-1-2-6-13(12)14/h1-7,10-11H,8-9,17H2. The van der Waals surface area contributed by atoms with Crippen molar-refractivity contribution in [2.24, 2.45) is 5.73 Å². The first-order valence-electron chi connectivity index (χ1n) is 6.54. The third-order valence-corrected chi connectivity index (χ3v) is 3.29. The van der Waals surface area contributed by atoms with Gasteiger partial charge < -0.3 is 10.3 Å². The van der Waals surface area contributed by atoms with Crippen molar-refractivity contribution in [1.29, 1.82) is 0 Å². The number of aromatic nitrogens is 2. The van der Waals surface area contributed by atoms with Gasteiger partial charge in [0.2, 0.25) is 5.78 Å². The van der Waals surface area contributed by atoms with Crippen molar-refractivity contribution in [3.05, 3.63) is 66.2 Å². The number of ketones is 1. The summed E-state index contributed by atoms with van der Waals surface area (Å²) in [5, 5.41) is 2.01. The lowest BCUT2D eigenvalue weighted by atomic mass is 10.0. The number of hydrogen-bond donors (Lipinski definition) is 1. The molecule has 0 saturated carbocycles. The molecular weight excluding hydrogens is 250 g/mol. The quantitative estimate of drug-likeness (QED) is 0.736. The molecule has 0 fully saturated rings. The molecule has 100 valence electrons. The fourth-order valence-electron chi connectivity index (χ4n) is 2.31. The number of carbonyl (C=O) groups excluding carboxylic acids is 1. The van der Waals surface area contributed by atoms with Crippen LogP contribution in [-0.4, -0.2) is 21.9 Å². The minimum absolute atomic E-state index is 0.0578. The highest BCUT2D eigenvalue weighted by molar-refractivity contribution is 6.15. The zero-order valence-electron chi connectivity index (χ0n) is 11.0. The highest BCUT2D eigenvalue weighted by Gasteiger charge is 2.14. The highest BCUT2D eigenvalue weighted by Crippen LogP contribution is 2.20. The topological polar surface area (TPSA) is 60.9 Å². The van der Waals surface area contributed by atoms with E-state index >= 15 is 0 Å². The van der Waals surface area contributed by atoms with E-state index in [1.165, 1.54) is 0 Å². The van der Waals surface area contributed by atoms with E-state index in [-0.39, 0.29) is 5.78 Å². The smallest absolute Gasteiger partial charge is 0.213 e. The Balaban J connectivity index is 2.03. The normalized spacial score (nSPS) is 10.8. The van der Waals surface area contributed by atoms with Crippen LogP contribution in [0.15, 0.2) is 55.0 Å². The fourth-order valence-corrected chi connectivity index (χ4v) is 2.31. The monoisotopic (exact) mass is 265 g/mol. The van der Waals surface area contributed by atoms with Gasteiger partial charge in [0.1, 0.15) is 5.69 Å². The number of nitrogens with zero attached hydrogens (tertiary/aromatic N) is 2. The molecule has 0 aliphatic carbocycles. The second kappa shape index (κ2) is 5.27. The third kappa shape index (κ3) is 2.21. The van der Waals surface area contributed by atoms with Crippen LogP contribution in [0.4, 0.5) is 0 Å². The molecule has 4 nitrogen and oxygen atoms in total. The van der Waals surface area contributed by atoms with E-state index in [1.54, 1.807) is 12.5 Å². The third-order valence-electron chi connectivity index (χ3n) is 3.29. The van der Waals surface area contributed by atoms with Crippen LogP contribution >= 0.6 is 0 Å². The van der Waals surface area contributed by atoms with E-state index in [0.717, 1.165) is 10.8 Å². The molecule has 0 radical (unpaired) electrons. The van der Waals surface area contributed by atoms with Gasteiger partial charge in [0.15, 0.2) is 0 Å². The molecular formula is C16H15N3O. The summed E-state index contributed by atoms with van der Waals surface area (Å²) in [5.74, 6) is -0.0578. The van der Waals surface area contributed by atoms with Crippen molar-refractivity contribution in [2.45, 2.75) is 6.54 Å². The Hall–Kier alpha value is -2.46. The van der Waals surface area contributed by atoms with Gasteiger partial charge in [-0.2, -0.15) is 0 Å². The van der Waals surface area contributed by atoms with Crippen molar-refractivity contribution in [3.8, 4) is 0 Å². The summed E-state index contributed by atoms with van der Waals surface area (Å²) >= 11 is 0. The van der Waals surface area contributed by atoms with E-state index in [2.05, 4.69) is 4.98 Å². The fraction of sp³-hybridized carbons (Fsp3) is 0.125. The molecule has 0 aliphatic heterocycles. The average Bonchev–Trinajstić information content (AvgIpc) is 2.95. The number of hydrogen-bond acceptors (Lipinski definition) is 3. The van der Waals surface area contributed by atoms with Crippen molar-refractivity contribution >= 4 is 16.6 Å². The lowest BCUT2D eigenvalue weighted by molar-refractivity contribution is 0.103. The lowest BCUT2D eigenvalue weighted by Crippen LogP contribution is -2.08. The zero-order valence-corrected chi connectivity index (χ0v) is 11.0. The summed E-state index contributed by atoms with van der Waals surface area (Å²) in [4.78, 5) is 16.7. The molecule has 0 spiro atoms. The Bertz CT molecular complexity index is 756. The van der Waals surface area contributed by atoms with E-state index in [0.29, 0.717) is 24.3 Å². The van der Waals surface area contributed by atoms with Gasteiger partial charge in [0, 0.05) is 24.8 Å². The number of fused-ring (bicyclic) bond motifs is 1. The SMILES string of the molecule is NCCn1cnc(C(=O)c2cccc3ccccc23)c1. The average molecular weight is 265 g/mol. The molecule has 1 aromatic heterocycles. The predicted octanol–water partition coefficient (Wildman–Crippen LogP) is 2.23. The first-order chi connectivity index (χ1) is 9.79. The molecule has 0 amide bonds. The second-order valence-electron chi connectivity index (χ2n) is 4.64. The molecule has 2 N–H and O–H groups in total. The van der Waals surface area contributed by atoms with Gasteiger partial charge in [0.05, 0.1) is 6.33 Å². The maximum atomic E-state index is 12.6. The van der Waals surface area contributed by atoms with Crippen LogP contribution < -0.4 is 5.73 Å². The molecule has 0 aliphatic rings. The van der Waals surface area contributed by atoms with Crippen molar-refractivity contribution in [1.82, 2.24) is 9.55 Å². The predicted molar refractivity (Wildman–Crippen MR) is 78.7 cm³/mol. The van der Waals surface area contributed by atoms with Crippen LogP contribution in [0.3, 0.4) is 0 Å². The number of nitrogens with two attached hydrogens (primary N) is 1. The first kappa shape index (κ1) is 12.6. The van der Waals surface area contributed by atoms with Gasteiger partial charge in [-0.15, -0.1) is 0 Å². The van der Waals surface area contributed by atoms with Crippen LogP contribution in [0.1, 0.15) is 16.1 Å². The van der Waals surface area contributed by atoms with E-state index < -0.39 is 0 Å². The van der Waals surface area contributed by atoms with Gasteiger partial charge in [-0.05, 0) is 10.8 Å². The van der Waals surface area contributed by atoms with Gasteiger partial charge >= 0.3 is 0 Å². The molecule has 0 atom stereocenters. The summed E-state index contributed by atoms with van der Waals surface area (Å²) in [7, 11) is 0. The Morgan fingerprint density at radius 3 is 2.80 bits per heavy atom. The molecule has 3 aromatic rings. The maximum absolute atomic E-state index is 12.6. The minimum atomic E-state index is -0.0578. The maximum Gasteiger partial charge on any atom is 0.213 e. The van der Waals surface area contributed by atoms with Crippen LogP contribution in [0, 0.1) is 0 Å². The molecule has 1 heterocycles. The highest BCUT2D eigenvalue weighted by atomic mass is 16.1. The summed E-state index contributed by atoms with van der Waals surface area (Å²) in [6.45, 7) is 1.19. The molecule has 4 heteroatoms. The van der Waals surface area contributed by atoms with Crippen molar-refractivity contribution < 1.29 is 4.79 Å². The van der Waals surface area contributed by atoms with Crippen LogP contribution in [0.2, 0.25) is 0 Å². The number of carbonyl (C=O) groups is 1. The number of imidazole rings is 1. The summed E-state index contributed by atoms with van der Waals surface area (Å²) < 4.78 is 1.83.